The van der Waals surface area contributed by atoms with Crippen molar-refractivity contribution in [1.82, 2.24) is 0 Å². The highest BCUT2D eigenvalue weighted by Crippen LogP contribution is 2.29. The van der Waals surface area contributed by atoms with E-state index in [1.807, 2.05) is 0 Å². The minimum absolute atomic E-state index is 0.0324. The van der Waals surface area contributed by atoms with Gasteiger partial charge in [0.25, 0.3) is 0 Å². The average Bonchev–Trinajstić information content (AvgIpc) is 3.02. The Bertz CT molecular complexity index is 754. The Hall–Kier alpha value is -2.87. The molecule has 0 bridgehead atoms. The van der Waals surface area contributed by atoms with Gasteiger partial charge in [-0.1, -0.05) is 11.3 Å². The number of carbonyl (C=O) groups is 1. The van der Waals surface area contributed by atoms with Crippen LogP contribution in [0, 0.1) is 10.1 Å². The molecule has 1 N–H and O–H groups in total. The molecule has 1 aromatic carbocycles. The summed E-state index contributed by atoms with van der Waals surface area (Å²) < 4.78 is 10.3. The van der Waals surface area contributed by atoms with Crippen LogP contribution < -0.4 is 14.8 Å². The molecule has 120 valence electrons. The number of ether oxygens (including phenoxy) is 2. The van der Waals surface area contributed by atoms with E-state index in [9.17, 15) is 14.9 Å². The molecule has 2 aromatic rings. The summed E-state index contributed by atoms with van der Waals surface area (Å²) in [5.41, 5.74) is 0.550. The van der Waals surface area contributed by atoms with E-state index < -0.39 is 4.92 Å². The molecule has 7 nitrogen and oxygen atoms in total. The van der Waals surface area contributed by atoms with Crippen molar-refractivity contribution < 1.29 is 19.2 Å². The molecule has 1 amide bonds. The lowest BCUT2D eigenvalue weighted by atomic mass is 10.2. The summed E-state index contributed by atoms with van der Waals surface area (Å²) in [6, 6.07) is 7.99. The number of benzene rings is 1. The van der Waals surface area contributed by atoms with Crippen molar-refractivity contribution in [3.63, 3.8) is 0 Å². The first-order chi connectivity index (χ1) is 11.0. The summed E-state index contributed by atoms with van der Waals surface area (Å²) in [6.45, 7) is 0. The maximum absolute atomic E-state index is 11.9. The maximum atomic E-state index is 11.9. The second kappa shape index (κ2) is 7.41. The SMILES string of the molecule is COc1ccc(NC(=O)/C=C/c2ccc([N+](=O)[O-])s2)cc1OC. The zero-order chi connectivity index (χ0) is 16.8. The molecule has 23 heavy (non-hydrogen) atoms. The van der Waals surface area contributed by atoms with Crippen molar-refractivity contribution in [1.29, 1.82) is 0 Å². The van der Waals surface area contributed by atoms with Gasteiger partial charge in [0.05, 0.1) is 19.1 Å². The summed E-state index contributed by atoms with van der Waals surface area (Å²) >= 11 is 0.998. The van der Waals surface area contributed by atoms with Crippen molar-refractivity contribution in [2.24, 2.45) is 0 Å². The van der Waals surface area contributed by atoms with E-state index in [4.69, 9.17) is 9.47 Å². The largest absolute Gasteiger partial charge is 0.493 e. The second-order valence-electron chi connectivity index (χ2n) is 4.33. The van der Waals surface area contributed by atoms with Gasteiger partial charge in [-0.15, -0.1) is 0 Å². The van der Waals surface area contributed by atoms with E-state index in [-0.39, 0.29) is 10.9 Å². The van der Waals surface area contributed by atoms with Crippen molar-refractivity contribution in [3.8, 4) is 11.5 Å². The van der Waals surface area contributed by atoms with Crippen LogP contribution in [-0.2, 0) is 4.79 Å². The highest BCUT2D eigenvalue weighted by Gasteiger charge is 2.09. The van der Waals surface area contributed by atoms with Gasteiger partial charge in [0.15, 0.2) is 11.5 Å². The fourth-order valence-corrected chi connectivity index (χ4v) is 2.51. The van der Waals surface area contributed by atoms with Crippen LogP contribution in [0.1, 0.15) is 4.88 Å². The minimum atomic E-state index is -0.467. The number of amides is 1. The van der Waals surface area contributed by atoms with Crippen LogP contribution in [0.15, 0.2) is 36.4 Å². The van der Waals surface area contributed by atoms with Crippen LogP contribution in [0.3, 0.4) is 0 Å². The minimum Gasteiger partial charge on any atom is -0.493 e. The molecule has 0 unspecified atom stereocenters. The normalized spacial score (nSPS) is 10.5. The fourth-order valence-electron chi connectivity index (χ4n) is 1.79. The van der Waals surface area contributed by atoms with Crippen molar-refractivity contribution in [2.45, 2.75) is 0 Å². The number of hydrogen-bond acceptors (Lipinski definition) is 6. The lowest BCUT2D eigenvalue weighted by molar-refractivity contribution is -0.380. The van der Waals surface area contributed by atoms with Gasteiger partial charge in [0.1, 0.15) is 0 Å². The molecule has 0 aliphatic heterocycles. The van der Waals surface area contributed by atoms with Crippen LogP contribution in [-0.4, -0.2) is 25.1 Å². The quantitative estimate of drug-likeness (QED) is 0.497. The molecular formula is C15H14N2O5S. The van der Waals surface area contributed by atoms with Gasteiger partial charge in [-0.3, -0.25) is 14.9 Å². The van der Waals surface area contributed by atoms with Gasteiger partial charge < -0.3 is 14.8 Å². The highest BCUT2D eigenvalue weighted by molar-refractivity contribution is 7.16. The summed E-state index contributed by atoms with van der Waals surface area (Å²) in [5.74, 6) is 0.711. The number of nitro groups is 1. The van der Waals surface area contributed by atoms with E-state index in [0.29, 0.717) is 22.1 Å². The molecule has 0 aliphatic carbocycles. The number of rotatable bonds is 6. The van der Waals surface area contributed by atoms with E-state index in [1.54, 1.807) is 24.3 Å². The topological polar surface area (TPSA) is 90.7 Å². The number of nitrogens with zero attached hydrogens (tertiary/aromatic N) is 1. The van der Waals surface area contributed by atoms with Gasteiger partial charge >= 0.3 is 5.00 Å². The summed E-state index contributed by atoms with van der Waals surface area (Å²) in [4.78, 5) is 22.6. The average molecular weight is 334 g/mol. The molecule has 0 aliphatic rings. The van der Waals surface area contributed by atoms with Gasteiger partial charge in [0.2, 0.25) is 5.91 Å². The van der Waals surface area contributed by atoms with Crippen LogP contribution in [0.5, 0.6) is 11.5 Å². The Morgan fingerprint density at radius 1 is 1.22 bits per heavy atom. The monoisotopic (exact) mass is 334 g/mol. The van der Waals surface area contributed by atoms with Crippen molar-refractivity contribution in [2.75, 3.05) is 19.5 Å². The van der Waals surface area contributed by atoms with E-state index in [0.717, 1.165) is 11.3 Å². The number of anilines is 1. The molecule has 2 rings (SSSR count). The number of hydrogen-bond donors (Lipinski definition) is 1. The predicted molar refractivity (Wildman–Crippen MR) is 88.2 cm³/mol. The lowest BCUT2D eigenvalue weighted by Crippen LogP contribution is -2.07. The second-order valence-corrected chi connectivity index (χ2v) is 5.42. The molecule has 0 atom stereocenters. The first kappa shape index (κ1) is 16.5. The van der Waals surface area contributed by atoms with Gasteiger partial charge in [0, 0.05) is 28.8 Å². The van der Waals surface area contributed by atoms with E-state index >= 15 is 0 Å². The molecule has 1 aromatic heterocycles. The Morgan fingerprint density at radius 3 is 2.57 bits per heavy atom. The highest BCUT2D eigenvalue weighted by atomic mass is 32.1. The zero-order valence-electron chi connectivity index (χ0n) is 12.4. The Morgan fingerprint density at radius 2 is 1.96 bits per heavy atom. The number of thiophene rings is 1. The van der Waals surface area contributed by atoms with Gasteiger partial charge in [-0.25, -0.2) is 0 Å². The maximum Gasteiger partial charge on any atom is 0.324 e. The van der Waals surface area contributed by atoms with Crippen LogP contribution in [0.25, 0.3) is 6.08 Å². The number of methoxy groups -OCH3 is 2. The van der Waals surface area contributed by atoms with Crippen molar-refractivity contribution >= 4 is 34.0 Å². The number of carbonyl (C=O) groups excluding carboxylic acids is 1. The molecule has 8 heteroatoms. The van der Waals surface area contributed by atoms with Gasteiger partial charge in [-0.05, 0) is 24.3 Å². The molecular weight excluding hydrogens is 320 g/mol. The van der Waals surface area contributed by atoms with E-state index in [2.05, 4.69) is 5.32 Å². The zero-order valence-corrected chi connectivity index (χ0v) is 13.3. The summed E-state index contributed by atoms with van der Waals surface area (Å²) in [5, 5.41) is 13.3. The summed E-state index contributed by atoms with van der Waals surface area (Å²) in [7, 11) is 3.03. The molecule has 0 spiro atoms. The third-order valence-electron chi connectivity index (χ3n) is 2.84. The lowest BCUT2D eigenvalue weighted by Gasteiger charge is -2.09. The van der Waals surface area contributed by atoms with Crippen LogP contribution in [0.2, 0.25) is 0 Å². The molecule has 0 saturated carbocycles. The van der Waals surface area contributed by atoms with Crippen molar-refractivity contribution in [3.05, 3.63) is 51.4 Å². The van der Waals surface area contributed by atoms with Crippen LogP contribution >= 0.6 is 11.3 Å². The molecule has 0 fully saturated rings. The Kier molecular flexibility index (Phi) is 5.32. The summed E-state index contributed by atoms with van der Waals surface area (Å²) in [6.07, 6.45) is 2.83. The first-order valence-electron chi connectivity index (χ1n) is 6.49. The van der Waals surface area contributed by atoms with Gasteiger partial charge in [-0.2, -0.15) is 0 Å². The van der Waals surface area contributed by atoms with Crippen LogP contribution in [0.4, 0.5) is 10.7 Å². The molecule has 1 heterocycles. The van der Waals surface area contributed by atoms with E-state index in [1.165, 1.54) is 32.4 Å². The molecule has 0 radical (unpaired) electrons. The Labute approximate surface area is 136 Å². The predicted octanol–water partition coefficient (Wildman–Crippen LogP) is 3.33. The first-order valence-corrected chi connectivity index (χ1v) is 7.30. The standard InChI is InChI=1S/C15H14N2O5S/c1-21-12-6-3-10(9-13(12)22-2)16-14(18)7-4-11-5-8-15(23-11)17(19)20/h3-9H,1-2H3,(H,16,18)/b7-4+. The smallest absolute Gasteiger partial charge is 0.324 e. The number of nitrogens with one attached hydrogen (secondary N) is 1. The fraction of sp³-hybridized carbons (Fsp3) is 0.133. The third-order valence-corrected chi connectivity index (χ3v) is 3.84. The molecule has 0 saturated heterocycles. The third kappa shape index (κ3) is 4.30. The Balaban J connectivity index is 2.04.